The van der Waals surface area contributed by atoms with E-state index in [0.717, 1.165) is 29.8 Å². The predicted octanol–water partition coefficient (Wildman–Crippen LogP) is 3.54. The number of anilines is 1. The second-order valence-electron chi connectivity index (χ2n) is 7.68. The molecular weight excluding hydrogens is 338 g/mol. The van der Waals surface area contributed by atoms with E-state index in [-0.39, 0.29) is 5.91 Å². The van der Waals surface area contributed by atoms with Crippen LogP contribution in [-0.2, 0) is 6.54 Å². The van der Waals surface area contributed by atoms with Crippen molar-refractivity contribution in [3.05, 3.63) is 59.3 Å². The number of β-amino-alcohol motifs (C(OH)–C–C–N with tert-alkyl or cyclic N) is 1. The summed E-state index contributed by atoms with van der Waals surface area (Å²) in [5.74, 6) is 0.692. The average Bonchev–Trinajstić information content (AvgIpc) is 2.73. The Morgan fingerprint density at radius 2 is 1.93 bits per heavy atom. The Kier molecular flexibility index (Phi) is 5.12. The van der Waals surface area contributed by atoms with Crippen LogP contribution in [-0.4, -0.2) is 40.5 Å². The van der Waals surface area contributed by atoms with Gasteiger partial charge in [0.05, 0.1) is 18.2 Å². The summed E-state index contributed by atoms with van der Waals surface area (Å²) in [7, 11) is 2.05. The molecule has 0 spiro atoms. The number of pyridine rings is 1. The highest BCUT2D eigenvalue weighted by molar-refractivity contribution is 5.99. The molecule has 2 heterocycles. The van der Waals surface area contributed by atoms with Gasteiger partial charge in [0.25, 0.3) is 5.91 Å². The number of rotatable bonds is 3. The maximum Gasteiger partial charge on any atom is 0.258 e. The number of aliphatic hydroxyl groups excluding tert-OH is 1. The fourth-order valence-corrected chi connectivity index (χ4v) is 4.39. The highest BCUT2D eigenvalue weighted by atomic mass is 16.3. The summed E-state index contributed by atoms with van der Waals surface area (Å²) in [6, 6.07) is 11.9. The van der Waals surface area contributed by atoms with Crippen LogP contribution in [0.4, 0.5) is 5.82 Å². The van der Waals surface area contributed by atoms with E-state index in [1.165, 1.54) is 19.3 Å². The smallest absolute Gasteiger partial charge is 0.258 e. The van der Waals surface area contributed by atoms with Gasteiger partial charge in [-0.2, -0.15) is 0 Å². The lowest BCUT2D eigenvalue weighted by Gasteiger charge is -2.35. The maximum atomic E-state index is 13.3. The maximum absolute atomic E-state index is 13.3. The van der Waals surface area contributed by atoms with Gasteiger partial charge in [-0.1, -0.05) is 43.5 Å². The molecule has 1 N–H and O–H groups in total. The Balaban J connectivity index is 1.59. The van der Waals surface area contributed by atoms with Crippen LogP contribution < -0.4 is 4.90 Å². The molecule has 1 unspecified atom stereocenters. The van der Waals surface area contributed by atoms with Gasteiger partial charge in [0.2, 0.25) is 0 Å². The number of fused-ring (bicyclic) bond motifs is 1. The molecule has 1 aliphatic heterocycles. The van der Waals surface area contributed by atoms with E-state index in [0.29, 0.717) is 24.7 Å². The lowest BCUT2D eigenvalue weighted by atomic mass is 9.94. The quantitative estimate of drug-likeness (QED) is 0.904. The first kappa shape index (κ1) is 18.0. The largest absolute Gasteiger partial charge is 0.387 e. The van der Waals surface area contributed by atoms with E-state index in [1.807, 2.05) is 36.4 Å². The van der Waals surface area contributed by atoms with E-state index >= 15 is 0 Å². The van der Waals surface area contributed by atoms with E-state index in [4.69, 9.17) is 0 Å². The molecule has 5 nitrogen and oxygen atoms in total. The lowest BCUT2D eigenvalue weighted by molar-refractivity contribution is 0.0550. The number of carbonyl (C=O) groups is 1. The molecule has 1 atom stereocenters. The molecule has 0 radical (unpaired) electrons. The molecule has 1 aromatic carbocycles. The number of hydrogen-bond donors (Lipinski definition) is 1. The number of nitrogens with zero attached hydrogens (tertiary/aromatic N) is 3. The number of benzene rings is 1. The minimum Gasteiger partial charge on any atom is -0.387 e. The summed E-state index contributed by atoms with van der Waals surface area (Å²) in [6.45, 7) is 0.838. The third kappa shape index (κ3) is 3.56. The third-order valence-corrected chi connectivity index (χ3v) is 5.93. The van der Waals surface area contributed by atoms with Crippen molar-refractivity contribution in [3.63, 3.8) is 0 Å². The van der Waals surface area contributed by atoms with Crippen molar-refractivity contribution >= 4 is 11.7 Å². The second kappa shape index (κ2) is 7.69. The van der Waals surface area contributed by atoms with Gasteiger partial charge >= 0.3 is 0 Å². The highest BCUT2D eigenvalue weighted by Crippen LogP contribution is 2.30. The lowest BCUT2D eigenvalue weighted by Crippen LogP contribution is -2.40. The van der Waals surface area contributed by atoms with E-state index in [2.05, 4.69) is 16.9 Å². The van der Waals surface area contributed by atoms with Crippen LogP contribution in [0.2, 0.25) is 0 Å². The van der Waals surface area contributed by atoms with Crippen LogP contribution in [0, 0.1) is 0 Å². The summed E-state index contributed by atoms with van der Waals surface area (Å²) in [6.07, 6.45) is 7.18. The molecule has 2 aromatic rings. The van der Waals surface area contributed by atoms with Gasteiger partial charge in [0.15, 0.2) is 0 Å². The van der Waals surface area contributed by atoms with Crippen LogP contribution in [0.5, 0.6) is 0 Å². The minimum atomic E-state index is -0.643. The molecule has 2 aliphatic rings. The third-order valence-electron chi connectivity index (χ3n) is 5.93. The molecule has 5 heteroatoms. The minimum absolute atomic E-state index is 0.0608. The van der Waals surface area contributed by atoms with Gasteiger partial charge in [-0.25, -0.2) is 4.98 Å². The monoisotopic (exact) mass is 365 g/mol. The number of hydrogen-bond acceptors (Lipinski definition) is 4. The van der Waals surface area contributed by atoms with Crippen molar-refractivity contribution in [2.75, 3.05) is 18.5 Å². The summed E-state index contributed by atoms with van der Waals surface area (Å²) in [5, 5.41) is 10.5. The number of carbonyl (C=O) groups excluding carboxylic acids is 1. The van der Waals surface area contributed by atoms with Crippen molar-refractivity contribution in [2.45, 2.75) is 50.8 Å². The first-order valence-electron chi connectivity index (χ1n) is 9.88. The van der Waals surface area contributed by atoms with Gasteiger partial charge in [-0.15, -0.1) is 0 Å². The van der Waals surface area contributed by atoms with Gasteiger partial charge in [0, 0.05) is 25.8 Å². The van der Waals surface area contributed by atoms with Crippen LogP contribution in [0.3, 0.4) is 0 Å². The van der Waals surface area contributed by atoms with Crippen molar-refractivity contribution in [3.8, 4) is 0 Å². The zero-order valence-corrected chi connectivity index (χ0v) is 15.8. The molecule has 27 heavy (non-hydrogen) atoms. The summed E-state index contributed by atoms with van der Waals surface area (Å²) in [5.41, 5.74) is 2.56. The Hall–Kier alpha value is -2.40. The van der Waals surface area contributed by atoms with Crippen LogP contribution >= 0.6 is 0 Å². The Morgan fingerprint density at radius 1 is 1.15 bits per heavy atom. The fourth-order valence-electron chi connectivity index (χ4n) is 4.39. The molecule has 1 aromatic heterocycles. The molecule has 0 saturated heterocycles. The first-order valence-corrected chi connectivity index (χ1v) is 9.88. The fraction of sp³-hybridized carbons (Fsp3) is 0.455. The normalized spacial score (nSPS) is 20.2. The summed E-state index contributed by atoms with van der Waals surface area (Å²) in [4.78, 5) is 21.8. The van der Waals surface area contributed by atoms with Crippen LogP contribution in [0.25, 0.3) is 0 Å². The number of aliphatic hydroxyl groups is 1. The molecule has 1 fully saturated rings. The molecule has 0 bridgehead atoms. The number of amides is 1. The topological polar surface area (TPSA) is 56.7 Å². The SMILES string of the molecule is CN(c1ncccc1C(=O)N1Cc2ccccc2C(O)C1)C1CCCCC1. The highest BCUT2D eigenvalue weighted by Gasteiger charge is 2.30. The Morgan fingerprint density at radius 3 is 2.74 bits per heavy atom. The molecule has 1 saturated carbocycles. The van der Waals surface area contributed by atoms with Gasteiger partial charge in [-0.05, 0) is 36.1 Å². The molecule has 1 aliphatic carbocycles. The van der Waals surface area contributed by atoms with Crippen molar-refractivity contribution in [1.82, 2.24) is 9.88 Å². The van der Waals surface area contributed by atoms with Crippen LogP contribution in [0.15, 0.2) is 42.6 Å². The molecule has 4 rings (SSSR count). The first-order chi connectivity index (χ1) is 13.1. The van der Waals surface area contributed by atoms with Crippen molar-refractivity contribution in [1.29, 1.82) is 0 Å². The van der Waals surface area contributed by atoms with Gasteiger partial charge in [0.1, 0.15) is 5.82 Å². The molecular formula is C22H27N3O2. The average molecular weight is 365 g/mol. The Labute approximate surface area is 160 Å². The predicted molar refractivity (Wildman–Crippen MR) is 106 cm³/mol. The van der Waals surface area contributed by atoms with Gasteiger partial charge < -0.3 is 14.9 Å². The zero-order chi connectivity index (χ0) is 18.8. The van der Waals surface area contributed by atoms with E-state index in [9.17, 15) is 9.90 Å². The van der Waals surface area contributed by atoms with Crippen molar-refractivity contribution < 1.29 is 9.90 Å². The summed E-state index contributed by atoms with van der Waals surface area (Å²) < 4.78 is 0. The van der Waals surface area contributed by atoms with E-state index < -0.39 is 6.10 Å². The Bertz CT molecular complexity index is 817. The van der Waals surface area contributed by atoms with Gasteiger partial charge in [-0.3, -0.25) is 4.79 Å². The zero-order valence-electron chi connectivity index (χ0n) is 15.8. The van der Waals surface area contributed by atoms with Crippen LogP contribution in [0.1, 0.15) is 59.7 Å². The molecule has 1 amide bonds. The molecule has 142 valence electrons. The van der Waals surface area contributed by atoms with Crippen molar-refractivity contribution in [2.24, 2.45) is 0 Å². The summed E-state index contributed by atoms with van der Waals surface area (Å²) >= 11 is 0. The van der Waals surface area contributed by atoms with E-state index in [1.54, 1.807) is 11.1 Å². The second-order valence-corrected chi connectivity index (χ2v) is 7.68. The number of aromatic nitrogens is 1. The standard InChI is InChI=1S/C22H27N3O2/c1-24(17-9-3-2-4-10-17)21-19(12-7-13-23-21)22(27)25-14-16-8-5-6-11-18(16)20(26)15-25/h5-8,11-13,17,20,26H,2-4,9-10,14-15H2,1H3.